The Morgan fingerprint density at radius 2 is 2.50 bits per heavy atom. The molecule has 1 atom stereocenters. The molecule has 1 aromatic rings. The largest absolute Gasteiger partial charge is 0.404 e. The standard InChI is InChI=1S/C12H19N5O/c1-9-10(6-16-5-3-11(18)8-16)7-17(15-9)12(14)2-4-13/h2,4,7,11,14,18H,3,5-6,8,13H2,1H3/b4-2-,14-12?/t11-/m1/s1. The second kappa shape index (κ2) is 5.32. The highest BCUT2D eigenvalue weighted by Gasteiger charge is 2.21. The van der Waals surface area contributed by atoms with Crippen LogP contribution in [0.5, 0.6) is 0 Å². The molecule has 0 amide bonds. The number of rotatable bonds is 3. The Hall–Kier alpha value is -1.66. The summed E-state index contributed by atoms with van der Waals surface area (Å²) in [7, 11) is 0. The molecule has 18 heavy (non-hydrogen) atoms. The van der Waals surface area contributed by atoms with Crippen LogP contribution in [0.15, 0.2) is 18.5 Å². The molecule has 6 heteroatoms. The van der Waals surface area contributed by atoms with Gasteiger partial charge in [0.1, 0.15) is 5.84 Å². The van der Waals surface area contributed by atoms with Crippen molar-refractivity contribution in [3.8, 4) is 0 Å². The smallest absolute Gasteiger partial charge is 0.147 e. The van der Waals surface area contributed by atoms with Gasteiger partial charge in [-0.05, 0) is 25.6 Å². The van der Waals surface area contributed by atoms with Gasteiger partial charge in [0.15, 0.2) is 0 Å². The van der Waals surface area contributed by atoms with Crippen molar-refractivity contribution in [1.29, 1.82) is 5.41 Å². The van der Waals surface area contributed by atoms with E-state index in [-0.39, 0.29) is 11.9 Å². The van der Waals surface area contributed by atoms with E-state index in [2.05, 4.69) is 10.00 Å². The van der Waals surface area contributed by atoms with Gasteiger partial charge in [-0.15, -0.1) is 0 Å². The first kappa shape index (κ1) is 12.8. The fourth-order valence-electron chi connectivity index (χ4n) is 2.14. The van der Waals surface area contributed by atoms with Crippen LogP contribution >= 0.6 is 0 Å². The van der Waals surface area contributed by atoms with Gasteiger partial charge >= 0.3 is 0 Å². The number of nitrogens with zero attached hydrogens (tertiary/aromatic N) is 3. The molecule has 1 saturated heterocycles. The maximum absolute atomic E-state index is 9.49. The molecule has 0 unspecified atom stereocenters. The first-order valence-corrected chi connectivity index (χ1v) is 6.03. The molecule has 1 aliphatic rings. The third kappa shape index (κ3) is 2.77. The predicted molar refractivity (Wildman–Crippen MR) is 69.3 cm³/mol. The molecule has 0 aliphatic carbocycles. The SMILES string of the molecule is Cc1nn(C(=N)/C=C\N)cc1CN1CC[C@@H](O)C1. The number of aliphatic hydroxyl groups is 1. The number of likely N-dealkylation sites (tertiary alicyclic amines) is 1. The van der Waals surface area contributed by atoms with E-state index < -0.39 is 0 Å². The quantitative estimate of drug-likeness (QED) is 0.521. The Balaban J connectivity index is 2.07. The highest BCUT2D eigenvalue weighted by Crippen LogP contribution is 2.15. The van der Waals surface area contributed by atoms with Crippen LogP contribution in [-0.4, -0.2) is 44.8 Å². The third-order valence-electron chi connectivity index (χ3n) is 3.14. The van der Waals surface area contributed by atoms with Crippen LogP contribution < -0.4 is 5.73 Å². The van der Waals surface area contributed by atoms with Gasteiger partial charge in [-0.2, -0.15) is 5.10 Å². The maximum atomic E-state index is 9.49. The van der Waals surface area contributed by atoms with E-state index >= 15 is 0 Å². The van der Waals surface area contributed by atoms with Crippen LogP contribution in [-0.2, 0) is 6.54 Å². The number of aryl methyl sites for hydroxylation is 1. The zero-order chi connectivity index (χ0) is 13.1. The summed E-state index contributed by atoms with van der Waals surface area (Å²) in [6, 6.07) is 0. The zero-order valence-electron chi connectivity index (χ0n) is 10.5. The summed E-state index contributed by atoms with van der Waals surface area (Å²) >= 11 is 0. The van der Waals surface area contributed by atoms with Crippen LogP contribution in [0.2, 0.25) is 0 Å². The average Bonchev–Trinajstić information content (AvgIpc) is 2.87. The minimum atomic E-state index is -0.209. The molecular formula is C12H19N5O. The number of β-amino-alcohol motifs (C(OH)–C–C–N with tert-alkyl or cyclic N) is 1. The molecule has 0 bridgehead atoms. The number of aliphatic hydroxyl groups excluding tert-OH is 1. The van der Waals surface area contributed by atoms with E-state index in [1.54, 1.807) is 0 Å². The summed E-state index contributed by atoms with van der Waals surface area (Å²) in [5.74, 6) is 0.244. The fraction of sp³-hybridized carbons (Fsp3) is 0.500. The first-order valence-electron chi connectivity index (χ1n) is 6.03. The van der Waals surface area contributed by atoms with Crippen LogP contribution in [0.25, 0.3) is 0 Å². The lowest BCUT2D eigenvalue weighted by Crippen LogP contribution is -2.21. The van der Waals surface area contributed by atoms with Crippen LogP contribution in [0, 0.1) is 12.3 Å². The minimum Gasteiger partial charge on any atom is -0.404 e. The fourth-order valence-corrected chi connectivity index (χ4v) is 2.14. The van der Waals surface area contributed by atoms with Crippen molar-refractivity contribution >= 4 is 5.84 Å². The van der Waals surface area contributed by atoms with E-state index in [4.69, 9.17) is 11.1 Å². The van der Waals surface area contributed by atoms with Crippen molar-refractivity contribution in [2.45, 2.75) is 26.0 Å². The molecule has 0 radical (unpaired) electrons. The Kier molecular flexibility index (Phi) is 3.78. The van der Waals surface area contributed by atoms with Crippen molar-refractivity contribution in [2.75, 3.05) is 13.1 Å². The number of nitrogens with one attached hydrogen (secondary N) is 1. The van der Waals surface area contributed by atoms with Crippen LogP contribution in [0.3, 0.4) is 0 Å². The van der Waals surface area contributed by atoms with Crippen molar-refractivity contribution in [3.63, 3.8) is 0 Å². The molecule has 98 valence electrons. The van der Waals surface area contributed by atoms with Gasteiger partial charge in [0.25, 0.3) is 0 Å². The van der Waals surface area contributed by atoms with Gasteiger partial charge in [-0.1, -0.05) is 0 Å². The highest BCUT2D eigenvalue weighted by molar-refractivity contribution is 5.91. The monoisotopic (exact) mass is 249 g/mol. The molecule has 2 rings (SSSR count). The van der Waals surface area contributed by atoms with Crippen LogP contribution in [0.1, 0.15) is 17.7 Å². The number of hydrogen-bond donors (Lipinski definition) is 3. The molecule has 0 aromatic carbocycles. The number of nitrogens with two attached hydrogens (primary N) is 1. The molecule has 0 saturated carbocycles. The average molecular weight is 249 g/mol. The van der Waals surface area contributed by atoms with E-state index in [0.29, 0.717) is 6.54 Å². The maximum Gasteiger partial charge on any atom is 0.147 e. The second-order valence-corrected chi connectivity index (χ2v) is 4.61. The first-order chi connectivity index (χ1) is 8.60. The number of allylic oxidation sites excluding steroid dienone is 1. The normalized spacial score (nSPS) is 20.9. The lowest BCUT2D eigenvalue weighted by molar-refractivity contribution is 0.174. The van der Waals surface area contributed by atoms with Gasteiger partial charge in [0, 0.05) is 31.4 Å². The molecule has 1 aliphatic heterocycles. The molecule has 6 nitrogen and oxygen atoms in total. The van der Waals surface area contributed by atoms with Gasteiger partial charge in [-0.3, -0.25) is 10.3 Å². The van der Waals surface area contributed by atoms with Crippen molar-refractivity contribution < 1.29 is 5.11 Å². The number of hydrogen-bond acceptors (Lipinski definition) is 5. The Morgan fingerprint density at radius 1 is 1.72 bits per heavy atom. The lowest BCUT2D eigenvalue weighted by Gasteiger charge is -2.13. The van der Waals surface area contributed by atoms with E-state index in [1.807, 2.05) is 13.1 Å². The molecule has 2 heterocycles. The highest BCUT2D eigenvalue weighted by atomic mass is 16.3. The third-order valence-corrected chi connectivity index (χ3v) is 3.14. The molecule has 1 fully saturated rings. The van der Waals surface area contributed by atoms with Gasteiger partial charge < -0.3 is 10.8 Å². The summed E-state index contributed by atoms with van der Waals surface area (Å²) in [5.41, 5.74) is 7.25. The molecule has 0 spiro atoms. The van der Waals surface area contributed by atoms with E-state index in [1.165, 1.54) is 17.0 Å². The Morgan fingerprint density at radius 3 is 3.11 bits per heavy atom. The molecule has 1 aromatic heterocycles. The van der Waals surface area contributed by atoms with Crippen molar-refractivity contribution in [3.05, 3.63) is 29.7 Å². The van der Waals surface area contributed by atoms with Crippen LogP contribution in [0.4, 0.5) is 0 Å². The Bertz CT molecular complexity index is 465. The van der Waals surface area contributed by atoms with Gasteiger partial charge in [0.2, 0.25) is 0 Å². The van der Waals surface area contributed by atoms with Crippen molar-refractivity contribution in [2.24, 2.45) is 5.73 Å². The Labute approximate surface area is 106 Å². The van der Waals surface area contributed by atoms with E-state index in [9.17, 15) is 5.11 Å². The molecule has 4 N–H and O–H groups in total. The van der Waals surface area contributed by atoms with Gasteiger partial charge in [0.05, 0.1) is 11.8 Å². The summed E-state index contributed by atoms with van der Waals surface area (Å²) in [6.07, 6.45) is 5.30. The molecular weight excluding hydrogens is 230 g/mol. The topological polar surface area (TPSA) is 91.2 Å². The number of aromatic nitrogens is 2. The zero-order valence-corrected chi connectivity index (χ0v) is 10.5. The summed E-state index contributed by atoms with van der Waals surface area (Å²) in [5, 5.41) is 21.5. The predicted octanol–water partition coefficient (Wildman–Crippen LogP) is 0.0559. The summed E-state index contributed by atoms with van der Waals surface area (Å²) in [4.78, 5) is 2.20. The van der Waals surface area contributed by atoms with Crippen molar-refractivity contribution in [1.82, 2.24) is 14.7 Å². The minimum absolute atomic E-state index is 0.209. The van der Waals surface area contributed by atoms with Gasteiger partial charge in [-0.25, -0.2) is 4.68 Å². The van der Waals surface area contributed by atoms with E-state index in [0.717, 1.165) is 30.8 Å². The summed E-state index contributed by atoms with van der Waals surface area (Å²) in [6.45, 7) is 4.32. The second-order valence-electron chi connectivity index (χ2n) is 4.61. The lowest BCUT2D eigenvalue weighted by atomic mass is 10.2. The summed E-state index contributed by atoms with van der Waals surface area (Å²) < 4.78 is 1.51.